The van der Waals surface area contributed by atoms with E-state index in [4.69, 9.17) is 21.9 Å². The molecule has 0 heterocycles. The van der Waals surface area contributed by atoms with Crippen LogP contribution in [0, 0.1) is 11.6 Å². The van der Waals surface area contributed by atoms with Gasteiger partial charge in [0.2, 0.25) is 5.91 Å². The summed E-state index contributed by atoms with van der Waals surface area (Å²) >= 11 is 5.68. The maximum absolute atomic E-state index is 14.1. The van der Waals surface area contributed by atoms with E-state index in [1.165, 1.54) is 36.4 Å². The first-order chi connectivity index (χ1) is 13.8. The van der Waals surface area contributed by atoms with Crippen molar-refractivity contribution in [3.05, 3.63) is 82.5 Å². The highest BCUT2D eigenvalue weighted by Gasteiger charge is 2.15. The second-order valence-corrected chi connectivity index (χ2v) is 6.23. The number of hydrogen-bond acceptors (Lipinski definition) is 4. The zero-order valence-electron chi connectivity index (χ0n) is 15.0. The minimum atomic E-state index is -1.07. The van der Waals surface area contributed by atoms with Gasteiger partial charge in [-0.2, -0.15) is 0 Å². The Morgan fingerprint density at radius 3 is 2.41 bits per heavy atom. The summed E-state index contributed by atoms with van der Waals surface area (Å²) in [4.78, 5) is 22.8. The lowest BCUT2D eigenvalue weighted by Gasteiger charge is -2.08. The van der Waals surface area contributed by atoms with Gasteiger partial charge in [0, 0.05) is 23.9 Å². The Morgan fingerprint density at radius 1 is 1.10 bits per heavy atom. The highest BCUT2D eigenvalue weighted by molar-refractivity contribution is 6.31. The maximum Gasteiger partial charge on any atom is 0.335 e. The van der Waals surface area contributed by atoms with E-state index in [2.05, 4.69) is 5.32 Å². The Kier molecular flexibility index (Phi) is 7.88. The second-order valence-electron chi connectivity index (χ2n) is 5.82. The zero-order chi connectivity index (χ0) is 21.4. The molecule has 0 radical (unpaired) electrons. The van der Waals surface area contributed by atoms with E-state index in [0.717, 1.165) is 18.3 Å². The van der Waals surface area contributed by atoms with Crippen LogP contribution in [0.2, 0.25) is 5.02 Å². The summed E-state index contributed by atoms with van der Waals surface area (Å²) in [6, 6.07) is 7.75. The molecule has 2 aromatic rings. The molecule has 2 rings (SSSR count). The molecule has 1 amide bonds. The first-order valence-electron chi connectivity index (χ1n) is 8.37. The number of benzene rings is 2. The van der Waals surface area contributed by atoms with Gasteiger partial charge >= 0.3 is 5.97 Å². The number of carboxylic acids is 1. The number of allylic oxidation sites excluding steroid dienone is 3. The number of halogens is 3. The van der Waals surface area contributed by atoms with Gasteiger partial charge in [0.25, 0.3) is 0 Å². The van der Waals surface area contributed by atoms with E-state index >= 15 is 0 Å². The molecule has 29 heavy (non-hydrogen) atoms. The Bertz CT molecular complexity index is 960. The molecule has 0 aliphatic heterocycles. The minimum absolute atomic E-state index is 0.00494. The molecule has 2 aromatic carbocycles. The van der Waals surface area contributed by atoms with Crippen molar-refractivity contribution in [3.8, 4) is 0 Å². The van der Waals surface area contributed by atoms with Crippen LogP contribution in [-0.2, 0) is 4.79 Å². The SMILES string of the molecule is O=C(CC/C=C\C(=C/NO)c1c(F)ccc(Cl)c1F)Nc1ccc(C(=O)O)cc1. The molecule has 0 saturated carbocycles. The van der Waals surface area contributed by atoms with E-state index in [1.807, 2.05) is 0 Å². The third kappa shape index (κ3) is 6.13. The van der Waals surface area contributed by atoms with Crippen LogP contribution in [-0.4, -0.2) is 22.2 Å². The number of anilines is 1. The van der Waals surface area contributed by atoms with Crippen molar-refractivity contribution in [2.24, 2.45) is 0 Å². The molecule has 6 nitrogen and oxygen atoms in total. The van der Waals surface area contributed by atoms with Crippen LogP contribution in [0.15, 0.2) is 54.8 Å². The smallest absolute Gasteiger partial charge is 0.335 e. The van der Waals surface area contributed by atoms with Crippen LogP contribution in [0.5, 0.6) is 0 Å². The van der Waals surface area contributed by atoms with Crippen molar-refractivity contribution in [2.75, 3.05) is 5.32 Å². The summed E-state index contributed by atoms with van der Waals surface area (Å²) in [6.07, 6.45) is 4.15. The topological polar surface area (TPSA) is 98.7 Å². The molecule has 0 saturated heterocycles. The van der Waals surface area contributed by atoms with Crippen LogP contribution >= 0.6 is 11.6 Å². The standard InChI is InChI=1S/C20H17ClF2N2O4/c21-15-9-10-16(22)18(19(15)23)13(11-24-29)3-1-2-4-17(26)25-14-7-5-12(6-8-14)20(27)28/h1,3,5-11,24,29H,2,4H2,(H,25,26)(H,27,28)/b3-1-,13-11+. The fourth-order valence-corrected chi connectivity index (χ4v) is 2.57. The van der Waals surface area contributed by atoms with Gasteiger partial charge in [-0.1, -0.05) is 23.8 Å². The Morgan fingerprint density at radius 2 is 1.79 bits per heavy atom. The summed E-state index contributed by atoms with van der Waals surface area (Å²) in [5.41, 5.74) is 1.84. The highest BCUT2D eigenvalue weighted by atomic mass is 35.5. The lowest BCUT2D eigenvalue weighted by Crippen LogP contribution is -2.10. The normalized spacial score (nSPS) is 11.5. The summed E-state index contributed by atoms with van der Waals surface area (Å²) in [5.74, 6) is -3.23. The zero-order valence-corrected chi connectivity index (χ0v) is 15.7. The molecular weight excluding hydrogens is 406 g/mol. The number of hydroxylamine groups is 1. The van der Waals surface area contributed by atoms with E-state index in [9.17, 15) is 18.4 Å². The van der Waals surface area contributed by atoms with Crippen molar-refractivity contribution in [3.63, 3.8) is 0 Å². The number of carboxylic acid groups (broad SMARTS) is 1. The number of carbonyl (C=O) groups excluding carboxylic acids is 1. The third-order valence-electron chi connectivity index (χ3n) is 3.80. The summed E-state index contributed by atoms with van der Waals surface area (Å²) in [6.45, 7) is 0. The van der Waals surface area contributed by atoms with Gasteiger partial charge in [0.15, 0.2) is 5.82 Å². The van der Waals surface area contributed by atoms with E-state index in [0.29, 0.717) is 5.69 Å². The summed E-state index contributed by atoms with van der Waals surface area (Å²) < 4.78 is 28.1. The van der Waals surface area contributed by atoms with Gasteiger partial charge in [-0.15, -0.1) is 0 Å². The fraction of sp³-hybridized carbons (Fsp3) is 0.100. The van der Waals surface area contributed by atoms with Crippen LogP contribution in [0.1, 0.15) is 28.8 Å². The number of amides is 1. The number of carbonyl (C=O) groups is 2. The molecule has 0 bridgehead atoms. The van der Waals surface area contributed by atoms with Crippen LogP contribution in [0.4, 0.5) is 14.5 Å². The number of aromatic carboxylic acids is 1. The number of hydrogen-bond donors (Lipinski definition) is 4. The van der Waals surface area contributed by atoms with Crippen LogP contribution in [0.25, 0.3) is 5.57 Å². The van der Waals surface area contributed by atoms with Gasteiger partial charge in [0.1, 0.15) is 5.82 Å². The molecule has 0 unspecified atom stereocenters. The van der Waals surface area contributed by atoms with Crippen molar-refractivity contribution >= 4 is 34.7 Å². The Labute approximate surface area is 170 Å². The predicted octanol–water partition coefficient (Wildman–Crippen LogP) is 4.61. The largest absolute Gasteiger partial charge is 0.478 e. The van der Waals surface area contributed by atoms with Gasteiger partial charge in [0.05, 0.1) is 16.1 Å². The predicted molar refractivity (Wildman–Crippen MR) is 105 cm³/mol. The van der Waals surface area contributed by atoms with Crippen molar-refractivity contribution < 1.29 is 28.7 Å². The quantitative estimate of drug-likeness (QED) is 0.283. The average Bonchev–Trinajstić information content (AvgIpc) is 2.68. The number of nitrogens with one attached hydrogen (secondary N) is 2. The molecule has 0 spiro atoms. The van der Waals surface area contributed by atoms with Crippen molar-refractivity contribution in [1.29, 1.82) is 0 Å². The molecule has 0 aromatic heterocycles. The third-order valence-corrected chi connectivity index (χ3v) is 4.10. The first kappa shape index (κ1) is 22.1. The van der Waals surface area contributed by atoms with Crippen LogP contribution in [0.3, 0.4) is 0 Å². The van der Waals surface area contributed by atoms with E-state index < -0.39 is 23.2 Å². The molecule has 0 fully saturated rings. The maximum atomic E-state index is 14.1. The Balaban J connectivity index is 1.98. The Hall–Kier alpha value is -3.23. The van der Waals surface area contributed by atoms with Crippen molar-refractivity contribution in [1.82, 2.24) is 5.48 Å². The van der Waals surface area contributed by atoms with Gasteiger partial charge < -0.3 is 10.4 Å². The van der Waals surface area contributed by atoms with Crippen LogP contribution < -0.4 is 10.8 Å². The minimum Gasteiger partial charge on any atom is -0.478 e. The summed E-state index contributed by atoms with van der Waals surface area (Å²) in [5, 5.41) is 20.1. The molecule has 0 aliphatic rings. The molecule has 152 valence electrons. The second kappa shape index (κ2) is 10.4. The first-order valence-corrected chi connectivity index (χ1v) is 8.74. The molecule has 9 heteroatoms. The number of rotatable bonds is 8. The van der Waals surface area contributed by atoms with E-state index in [-0.39, 0.29) is 34.9 Å². The molecular formula is C20H17ClF2N2O4. The fourth-order valence-electron chi connectivity index (χ4n) is 2.41. The van der Waals surface area contributed by atoms with E-state index in [1.54, 1.807) is 5.48 Å². The monoisotopic (exact) mass is 422 g/mol. The molecule has 4 N–H and O–H groups in total. The van der Waals surface area contributed by atoms with Crippen molar-refractivity contribution in [2.45, 2.75) is 12.8 Å². The van der Waals surface area contributed by atoms with Gasteiger partial charge in [-0.3, -0.25) is 15.5 Å². The summed E-state index contributed by atoms with van der Waals surface area (Å²) in [7, 11) is 0. The van der Waals surface area contributed by atoms with Gasteiger partial charge in [-0.05, 0) is 42.8 Å². The molecule has 0 aliphatic carbocycles. The average molecular weight is 423 g/mol. The highest BCUT2D eigenvalue weighted by Crippen LogP contribution is 2.27. The lowest BCUT2D eigenvalue weighted by atomic mass is 10.0. The lowest BCUT2D eigenvalue weighted by molar-refractivity contribution is -0.116. The van der Waals surface area contributed by atoms with Gasteiger partial charge in [-0.25, -0.2) is 13.6 Å². The molecule has 0 atom stereocenters.